The minimum atomic E-state index is 0.344. The summed E-state index contributed by atoms with van der Waals surface area (Å²) in [6, 6.07) is 7.86. The summed E-state index contributed by atoms with van der Waals surface area (Å²) in [6.07, 6.45) is 5.06. The minimum absolute atomic E-state index is 0.344. The summed E-state index contributed by atoms with van der Waals surface area (Å²) in [7, 11) is 0. The van der Waals surface area contributed by atoms with Gasteiger partial charge in [0.2, 0.25) is 5.90 Å². The van der Waals surface area contributed by atoms with Crippen molar-refractivity contribution in [2.45, 2.75) is 13.5 Å². The molecule has 0 saturated heterocycles. The Balaban J connectivity index is 2.07. The topological polar surface area (TPSA) is 50.3 Å². The van der Waals surface area contributed by atoms with Gasteiger partial charge in [0.15, 0.2) is 0 Å². The van der Waals surface area contributed by atoms with Crippen molar-refractivity contribution < 1.29 is 4.74 Å². The van der Waals surface area contributed by atoms with Gasteiger partial charge in [-0.3, -0.25) is 0 Å². The molecule has 2 aromatic rings. The Labute approximate surface area is 106 Å². The molecule has 0 atom stereocenters. The summed E-state index contributed by atoms with van der Waals surface area (Å²) >= 11 is 0. The van der Waals surface area contributed by atoms with Crippen LogP contribution in [0.1, 0.15) is 12.7 Å². The second-order valence-electron chi connectivity index (χ2n) is 3.64. The zero-order valence-corrected chi connectivity index (χ0v) is 10.3. The predicted octanol–water partition coefficient (Wildman–Crippen LogP) is 3.20. The molecule has 0 amide bonds. The highest BCUT2D eigenvalue weighted by atomic mass is 16.5. The van der Waals surface area contributed by atoms with Gasteiger partial charge in [0.25, 0.3) is 0 Å². The molecule has 4 nitrogen and oxygen atoms in total. The van der Waals surface area contributed by atoms with Gasteiger partial charge in [-0.1, -0.05) is 24.8 Å². The summed E-state index contributed by atoms with van der Waals surface area (Å²) in [5.74, 6) is 1.25. The number of nitrogens with zero attached hydrogens (tertiary/aromatic N) is 2. The molecule has 0 radical (unpaired) electrons. The summed E-state index contributed by atoms with van der Waals surface area (Å²) in [6.45, 7) is 5.89. The number of H-pyrrole nitrogens is 1. The second-order valence-corrected chi connectivity index (χ2v) is 3.64. The van der Waals surface area contributed by atoms with Crippen molar-refractivity contribution in [2.75, 3.05) is 0 Å². The van der Waals surface area contributed by atoms with Gasteiger partial charge in [-0.15, -0.1) is 0 Å². The van der Waals surface area contributed by atoms with Crippen LogP contribution in [0, 0.1) is 0 Å². The zero-order chi connectivity index (χ0) is 12.8. The van der Waals surface area contributed by atoms with Crippen LogP contribution in [-0.2, 0) is 11.3 Å². The van der Waals surface area contributed by atoms with Gasteiger partial charge < -0.3 is 9.72 Å². The number of allylic oxidation sites excluding steroid dienone is 1. The van der Waals surface area contributed by atoms with Crippen molar-refractivity contribution in [2.24, 2.45) is 4.99 Å². The Hall–Kier alpha value is -2.36. The molecule has 1 heterocycles. The first kappa shape index (κ1) is 12.1. The molecule has 0 aliphatic heterocycles. The van der Waals surface area contributed by atoms with Crippen LogP contribution in [0.4, 0.5) is 0 Å². The van der Waals surface area contributed by atoms with Gasteiger partial charge in [-0.05, 0) is 25.1 Å². The number of ether oxygens (including phenoxy) is 1. The lowest BCUT2D eigenvalue weighted by Gasteiger charge is -2.01. The molecule has 2 rings (SSSR count). The first-order chi connectivity index (χ1) is 8.83. The number of rotatable bonds is 4. The van der Waals surface area contributed by atoms with Crippen molar-refractivity contribution in [3.05, 3.63) is 55.0 Å². The van der Waals surface area contributed by atoms with E-state index in [1.165, 1.54) is 0 Å². The van der Waals surface area contributed by atoms with E-state index in [0.29, 0.717) is 12.5 Å². The van der Waals surface area contributed by atoms with Gasteiger partial charge in [0.05, 0.1) is 11.0 Å². The average Bonchev–Trinajstić information content (AvgIpc) is 2.81. The summed E-state index contributed by atoms with van der Waals surface area (Å²) in [5.41, 5.74) is 1.93. The SMILES string of the molecule is C=CC(=N/C=C\C)OCc1nc2ccccc2[nH]1. The third-order valence-electron chi connectivity index (χ3n) is 2.32. The highest BCUT2D eigenvalue weighted by Gasteiger charge is 2.02. The molecule has 0 bridgehead atoms. The molecule has 0 aliphatic carbocycles. The number of para-hydroxylation sites is 2. The van der Waals surface area contributed by atoms with Gasteiger partial charge in [-0.2, -0.15) is 0 Å². The Morgan fingerprint density at radius 1 is 1.50 bits per heavy atom. The number of aliphatic imine (C=N–C) groups is 1. The maximum atomic E-state index is 5.50. The van der Waals surface area contributed by atoms with Crippen molar-refractivity contribution in [1.82, 2.24) is 9.97 Å². The van der Waals surface area contributed by atoms with Crippen LogP contribution in [0.5, 0.6) is 0 Å². The van der Waals surface area contributed by atoms with E-state index in [0.717, 1.165) is 16.9 Å². The Bertz CT molecular complexity index is 563. The van der Waals surface area contributed by atoms with Gasteiger partial charge in [0, 0.05) is 6.20 Å². The molecule has 0 saturated carbocycles. The molecule has 0 fully saturated rings. The fourth-order valence-corrected chi connectivity index (χ4v) is 1.51. The molecule has 4 heteroatoms. The monoisotopic (exact) mass is 241 g/mol. The smallest absolute Gasteiger partial charge is 0.212 e. The number of hydrogen-bond donors (Lipinski definition) is 1. The van der Waals surface area contributed by atoms with Crippen LogP contribution in [0.25, 0.3) is 11.0 Å². The molecule has 18 heavy (non-hydrogen) atoms. The lowest BCUT2D eigenvalue weighted by atomic mass is 10.3. The largest absolute Gasteiger partial charge is 0.470 e. The molecule has 92 valence electrons. The van der Waals surface area contributed by atoms with E-state index in [9.17, 15) is 0 Å². The quantitative estimate of drug-likeness (QED) is 0.660. The van der Waals surface area contributed by atoms with Gasteiger partial charge >= 0.3 is 0 Å². The maximum Gasteiger partial charge on any atom is 0.212 e. The summed E-state index contributed by atoms with van der Waals surface area (Å²) in [4.78, 5) is 11.7. The molecular formula is C14H15N3O. The van der Waals surface area contributed by atoms with E-state index in [1.54, 1.807) is 12.3 Å². The lowest BCUT2D eigenvalue weighted by molar-refractivity contribution is 0.286. The Morgan fingerprint density at radius 2 is 2.33 bits per heavy atom. The van der Waals surface area contributed by atoms with Crippen LogP contribution in [0.15, 0.2) is 54.2 Å². The van der Waals surface area contributed by atoms with Gasteiger partial charge in [0.1, 0.15) is 12.4 Å². The first-order valence-corrected chi connectivity index (χ1v) is 5.71. The van der Waals surface area contributed by atoms with Crippen LogP contribution in [0.2, 0.25) is 0 Å². The standard InChI is InChI=1S/C14H15N3O/c1-3-9-15-14(4-2)18-10-13-16-11-7-5-6-8-12(11)17-13/h3-9H,2,10H2,1H3,(H,16,17)/b9-3-,15-14?. The highest BCUT2D eigenvalue weighted by molar-refractivity contribution is 5.87. The normalized spacial score (nSPS) is 12.2. The lowest BCUT2D eigenvalue weighted by Crippen LogP contribution is -2.02. The third kappa shape index (κ3) is 2.85. The van der Waals surface area contributed by atoms with Crippen LogP contribution in [-0.4, -0.2) is 15.9 Å². The van der Waals surface area contributed by atoms with Gasteiger partial charge in [-0.25, -0.2) is 9.98 Å². The Morgan fingerprint density at radius 3 is 3.06 bits per heavy atom. The fourth-order valence-electron chi connectivity index (χ4n) is 1.51. The molecule has 1 N–H and O–H groups in total. The number of hydrogen-bond acceptors (Lipinski definition) is 3. The number of aromatic nitrogens is 2. The Kier molecular flexibility index (Phi) is 3.91. The van der Waals surface area contributed by atoms with E-state index in [2.05, 4.69) is 21.5 Å². The number of nitrogens with one attached hydrogen (secondary N) is 1. The minimum Gasteiger partial charge on any atom is -0.470 e. The number of fused-ring (bicyclic) bond motifs is 1. The fraction of sp³-hybridized carbons (Fsp3) is 0.143. The van der Waals surface area contributed by atoms with E-state index in [4.69, 9.17) is 4.74 Å². The summed E-state index contributed by atoms with van der Waals surface area (Å²) in [5, 5.41) is 0. The van der Waals surface area contributed by atoms with Crippen LogP contribution >= 0.6 is 0 Å². The highest BCUT2D eigenvalue weighted by Crippen LogP contribution is 2.10. The third-order valence-corrected chi connectivity index (χ3v) is 2.32. The number of benzene rings is 1. The van der Waals surface area contributed by atoms with E-state index in [1.807, 2.05) is 37.3 Å². The molecule has 0 unspecified atom stereocenters. The van der Waals surface area contributed by atoms with Crippen molar-refractivity contribution in [3.63, 3.8) is 0 Å². The molecule has 0 spiro atoms. The molecule has 0 aliphatic rings. The second kappa shape index (κ2) is 5.82. The van der Waals surface area contributed by atoms with Crippen LogP contribution in [0.3, 0.4) is 0 Å². The number of aromatic amines is 1. The predicted molar refractivity (Wildman–Crippen MR) is 73.3 cm³/mol. The molecule has 1 aromatic heterocycles. The molecule has 1 aromatic carbocycles. The zero-order valence-electron chi connectivity index (χ0n) is 10.3. The number of imidazole rings is 1. The van der Waals surface area contributed by atoms with Crippen molar-refractivity contribution in [3.8, 4) is 0 Å². The maximum absolute atomic E-state index is 5.50. The first-order valence-electron chi connectivity index (χ1n) is 5.71. The average molecular weight is 241 g/mol. The van der Waals surface area contributed by atoms with E-state index >= 15 is 0 Å². The van der Waals surface area contributed by atoms with Crippen LogP contribution < -0.4 is 0 Å². The van der Waals surface area contributed by atoms with E-state index in [-0.39, 0.29) is 0 Å². The van der Waals surface area contributed by atoms with Crippen molar-refractivity contribution >= 4 is 16.9 Å². The van der Waals surface area contributed by atoms with E-state index < -0.39 is 0 Å². The molecular weight excluding hydrogens is 226 g/mol. The summed E-state index contributed by atoms with van der Waals surface area (Å²) < 4.78 is 5.50. The van der Waals surface area contributed by atoms with Crippen molar-refractivity contribution in [1.29, 1.82) is 0 Å².